The largest absolute Gasteiger partial charge is 1.00 e. The Labute approximate surface area is 304 Å². The number of thioether (sulfide) groups is 1. The van der Waals surface area contributed by atoms with Crippen LogP contribution in [0.3, 0.4) is 0 Å². The molecular formula is C29H39N6NaO10S2. The van der Waals surface area contributed by atoms with E-state index >= 15 is 0 Å². The predicted molar refractivity (Wildman–Crippen MR) is 165 cm³/mol. The van der Waals surface area contributed by atoms with Gasteiger partial charge in [0.05, 0.1) is 35.7 Å². The molecule has 16 nitrogen and oxygen atoms in total. The van der Waals surface area contributed by atoms with Crippen molar-refractivity contribution >= 4 is 57.5 Å². The Balaban J connectivity index is 0.000000214. The van der Waals surface area contributed by atoms with Gasteiger partial charge in [-0.1, -0.05) is 18.1 Å². The summed E-state index contributed by atoms with van der Waals surface area (Å²) in [6, 6.07) is -1.17. The summed E-state index contributed by atoms with van der Waals surface area (Å²) in [7, 11) is -3.92. The number of aromatic nitrogens is 3. The molecule has 48 heavy (non-hydrogen) atoms. The Morgan fingerprint density at radius 2 is 1.81 bits per heavy atom. The van der Waals surface area contributed by atoms with Gasteiger partial charge in [-0.2, -0.15) is 0 Å². The molecule has 19 heteroatoms. The number of carboxylic acid groups (broad SMARTS) is 2. The van der Waals surface area contributed by atoms with Gasteiger partial charge in [-0.25, -0.2) is 18.0 Å². The van der Waals surface area contributed by atoms with Gasteiger partial charge >= 0.3 is 41.5 Å². The van der Waals surface area contributed by atoms with Gasteiger partial charge in [-0.15, -0.1) is 16.9 Å². The molecule has 1 N–H and O–H groups in total. The van der Waals surface area contributed by atoms with E-state index in [0.29, 0.717) is 0 Å². The van der Waals surface area contributed by atoms with Crippen molar-refractivity contribution in [2.75, 3.05) is 19.7 Å². The molecule has 4 aliphatic heterocycles. The van der Waals surface area contributed by atoms with E-state index in [-0.39, 0.29) is 66.1 Å². The molecule has 2 unspecified atom stereocenters. The quantitative estimate of drug-likeness (QED) is 0.0902. The van der Waals surface area contributed by atoms with E-state index in [2.05, 4.69) is 20.2 Å². The van der Waals surface area contributed by atoms with Crippen molar-refractivity contribution in [1.82, 2.24) is 24.8 Å². The van der Waals surface area contributed by atoms with Crippen LogP contribution in [0.2, 0.25) is 0 Å². The number of ketones is 1. The van der Waals surface area contributed by atoms with Crippen molar-refractivity contribution < 1.29 is 76.9 Å². The summed E-state index contributed by atoms with van der Waals surface area (Å²) in [6.45, 7) is 8.42. The standard InChI is InChI=1S/C15H23N3O3S.C14H17N3O7S.Na/c1-15(2)11(14(20)21)18-12(19)10(13(18)22-15)16-9-17-7-5-3-4-6-8-17;1-3-24-13(21)7-5-17(16-15-7)6-14(2)11(12(19)20)10-8(18)4-9(10)25(14,22)23;/h9-11,13H,3-8H2,1-2H3,(H,20,21);5,9-11H,3-4,6H2,1-2H3,(H,19,20);/q;;+1/p-1/t10-,11+,13-;9?,10?,11-,14-;/m10./s1. The molecule has 5 aliphatic rings. The van der Waals surface area contributed by atoms with Crippen molar-refractivity contribution in [3.8, 4) is 0 Å². The maximum absolute atomic E-state index is 12.8. The molecule has 1 saturated carbocycles. The number of fused-ring (bicyclic) bond motifs is 2. The first-order chi connectivity index (χ1) is 22.0. The average Bonchev–Trinajstić information content (AvgIpc) is 3.48. The van der Waals surface area contributed by atoms with Crippen LogP contribution in [-0.4, -0.2) is 126 Å². The fraction of sp³-hybridized carbons (Fsp3) is 0.724. The number of β-lactam (4-membered cyclic amide) rings is 1. The Hall–Kier alpha value is -2.54. The molecule has 5 fully saturated rings. The second-order valence-corrected chi connectivity index (χ2v) is 17.6. The van der Waals surface area contributed by atoms with Crippen LogP contribution < -0.4 is 34.7 Å². The van der Waals surface area contributed by atoms with E-state index in [9.17, 15) is 42.6 Å². The summed E-state index contributed by atoms with van der Waals surface area (Å²) in [5, 5.41) is 27.1. The van der Waals surface area contributed by atoms with Gasteiger partial charge in [0.1, 0.15) is 17.2 Å². The fourth-order valence-electron chi connectivity index (χ4n) is 7.20. The molecule has 4 saturated heterocycles. The number of esters is 1. The van der Waals surface area contributed by atoms with Gasteiger partial charge in [0.25, 0.3) is 5.91 Å². The number of sulfone groups is 1. The zero-order chi connectivity index (χ0) is 34.5. The van der Waals surface area contributed by atoms with Crippen LogP contribution in [0.15, 0.2) is 11.2 Å². The van der Waals surface area contributed by atoms with E-state index in [1.54, 1.807) is 18.7 Å². The Kier molecular flexibility index (Phi) is 11.5. The van der Waals surface area contributed by atoms with Crippen molar-refractivity contribution in [3.05, 3.63) is 11.9 Å². The summed E-state index contributed by atoms with van der Waals surface area (Å²) >= 11 is 1.55. The number of likely N-dealkylation sites (tertiary alicyclic amines) is 1. The summed E-state index contributed by atoms with van der Waals surface area (Å²) < 4.78 is 29.2. The van der Waals surface area contributed by atoms with Gasteiger partial charge in [-0.05, 0) is 40.5 Å². The summed E-state index contributed by atoms with van der Waals surface area (Å²) in [6.07, 6.45) is 7.67. The van der Waals surface area contributed by atoms with E-state index in [1.165, 1.54) is 43.7 Å². The monoisotopic (exact) mass is 718 g/mol. The first-order valence-corrected chi connectivity index (χ1v) is 18.0. The maximum Gasteiger partial charge on any atom is 1.00 e. The second kappa shape index (κ2) is 14.4. The molecule has 0 bridgehead atoms. The third-order valence-corrected chi connectivity index (χ3v) is 14.2. The zero-order valence-electron chi connectivity index (χ0n) is 27.6. The molecule has 1 aromatic rings. The first-order valence-electron chi connectivity index (χ1n) is 15.6. The van der Waals surface area contributed by atoms with Crippen LogP contribution in [0.25, 0.3) is 0 Å². The van der Waals surface area contributed by atoms with Crippen molar-refractivity contribution in [2.45, 2.75) is 98.5 Å². The predicted octanol–water partition coefficient (Wildman–Crippen LogP) is -3.62. The van der Waals surface area contributed by atoms with Crippen LogP contribution in [0.4, 0.5) is 0 Å². The number of hydrogen-bond donors (Lipinski definition) is 1. The second-order valence-electron chi connectivity index (χ2n) is 13.2. The van der Waals surface area contributed by atoms with Crippen molar-refractivity contribution in [3.63, 3.8) is 0 Å². The molecule has 258 valence electrons. The number of nitrogens with zero attached hydrogens (tertiary/aromatic N) is 6. The number of aliphatic imine (C=N–C) groups is 1. The minimum absolute atomic E-state index is 0. The van der Waals surface area contributed by atoms with Crippen molar-refractivity contribution in [1.29, 1.82) is 0 Å². The minimum Gasteiger partial charge on any atom is -0.550 e. The maximum atomic E-state index is 12.8. The van der Waals surface area contributed by atoms with Crippen LogP contribution in [-0.2, 0) is 40.3 Å². The molecule has 6 rings (SSSR count). The smallest absolute Gasteiger partial charge is 0.550 e. The van der Waals surface area contributed by atoms with E-state index < -0.39 is 72.2 Å². The first kappa shape index (κ1) is 38.3. The number of ether oxygens (including phenoxy) is 1. The molecule has 0 aromatic carbocycles. The molecule has 5 heterocycles. The Morgan fingerprint density at radius 1 is 1.17 bits per heavy atom. The van der Waals surface area contributed by atoms with Crippen LogP contribution in [0.5, 0.6) is 0 Å². The molecule has 1 aromatic heterocycles. The number of hydrogen-bond acceptors (Lipinski definition) is 13. The molecule has 0 spiro atoms. The van der Waals surface area contributed by atoms with Gasteiger partial charge in [-0.3, -0.25) is 19.3 Å². The normalized spacial score (nSPS) is 32.8. The molecule has 0 radical (unpaired) electrons. The SMILES string of the molecule is CC1(C)S[C@@H]2[C@H](N=CN3CCCCCC3)C(=O)N2[C@H]1C(=O)O.CCOC(=O)c1cn(C[C@@]2(C)[C@H](C(=O)[O-])C3C(=O)CC3S2(=O)=O)nn1.[Na+]. The van der Waals surface area contributed by atoms with E-state index in [0.717, 1.165) is 17.8 Å². The summed E-state index contributed by atoms with van der Waals surface area (Å²) in [5.41, 5.74) is -0.120. The third kappa shape index (κ3) is 6.66. The fourth-order valence-corrected chi connectivity index (χ4v) is 11.5. The minimum atomic E-state index is -3.92. The number of rotatable bonds is 8. The number of aliphatic carboxylic acids is 2. The van der Waals surface area contributed by atoms with Crippen LogP contribution in [0.1, 0.15) is 70.3 Å². The summed E-state index contributed by atoms with van der Waals surface area (Å²) in [4.78, 5) is 66.9. The molecule has 1 amide bonds. The van der Waals surface area contributed by atoms with Gasteiger partial charge in [0, 0.05) is 42.1 Å². The average molecular weight is 719 g/mol. The summed E-state index contributed by atoms with van der Waals surface area (Å²) in [5.74, 6) is -6.34. The molecule has 7 atom stereocenters. The van der Waals surface area contributed by atoms with E-state index in [1.807, 2.05) is 20.2 Å². The topological polar surface area (TPSA) is 222 Å². The number of carboxylic acids is 2. The molecule has 1 aliphatic carbocycles. The van der Waals surface area contributed by atoms with Crippen LogP contribution >= 0.6 is 11.8 Å². The number of carbonyl (C=O) groups excluding carboxylic acids is 4. The Bertz CT molecular complexity index is 1590. The van der Waals surface area contributed by atoms with Crippen molar-refractivity contribution in [2.24, 2.45) is 16.8 Å². The van der Waals surface area contributed by atoms with E-state index in [4.69, 9.17) is 4.74 Å². The number of Topliss-reactive ketones (excluding diaryl/α,β-unsaturated/α-hetero) is 1. The number of amides is 1. The van der Waals surface area contributed by atoms with Gasteiger partial charge < -0.3 is 29.5 Å². The third-order valence-electron chi connectivity index (χ3n) is 9.67. The number of carbonyl (C=O) groups is 5. The molecular weight excluding hydrogens is 679 g/mol. The zero-order valence-corrected chi connectivity index (χ0v) is 31.2. The van der Waals surface area contributed by atoms with Gasteiger partial charge in [0.2, 0.25) is 0 Å². The van der Waals surface area contributed by atoms with Gasteiger partial charge in [0.15, 0.2) is 21.6 Å². The Morgan fingerprint density at radius 3 is 2.38 bits per heavy atom. The van der Waals surface area contributed by atoms with Crippen LogP contribution in [0, 0.1) is 11.8 Å².